The molecule has 3 heterocycles. The molecule has 0 aliphatic carbocycles. The summed E-state index contributed by atoms with van der Waals surface area (Å²) >= 11 is 0. The Morgan fingerprint density at radius 2 is 0.875 bits per heavy atom. The van der Waals surface area contributed by atoms with E-state index in [0.717, 1.165) is 55.6 Å². The topological polar surface area (TPSA) is 202 Å². The fraction of sp³-hybridized carbons (Fsp3) is 0.512. The van der Waals surface area contributed by atoms with Crippen LogP contribution < -0.4 is 35.9 Å². The molecule has 56 heavy (non-hydrogen) atoms. The summed E-state index contributed by atoms with van der Waals surface area (Å²) in [5, 5.41) is 39.8. The normalized spacial score (nSPS) is 21.3. The van der Waals surface area contributed by atoms with E-state index in [1.165, 1.54) is 0 Å². The Morgan fingerprint density at radius 1 is 0.571 bits per heavy atom. The minimum Gasteiger partial charge on any atom is -0.491 e. The van der Waals surface area contributed by atoms with Crippen molar-refractivity contribution in [1.82, 2.24) is 16.0 Å². The molecule has 0 spiro atoms. The second kappa shape index (κ2) is 19.4. The molecule has 3 saturated heterocycles. The van der Waals surface area contributed by atoms with Crippen molar-refractivity contribution in [1.29, 1.82) is 0 Å². The molecule has 13 nitrogen and oxygen atoms in total. The number of carboxylic acids is 3. The Kier molecular flexibility index (Phi) is 14.2. The molecule has 6 rings (SSSR count). The minimum atomic E-state index is -1.18. The zero-order valence-electron chi connectivity index (χ0n) is 31.9. The van der Waals surface area contributed by atoms with Gasteiger partial charge in [0.05, 0.1) is 17.8 Å². The van der Waals surface area contributed by atoms with Crippen molar-refractivity contribution in [2.45, 2.75) is 44.1 Å². The number of rotatable bonds is 21. The quantitative estimate of drug-likeness (QED) is 0.0831. The average Bonchev–Trinajstić information content (AvgIpc) is 4.02. The molecule has 3 aliphatic heterocycles. The number of hydrogen-bond acceptors (Lipinski definition) is 10. The van der Waals surface area contributed by atoms with E-state index in [9.17, 15) is 29.7 Å². The molecule has 8 N–H and O–H groups in total. The van der Waals surface area contributed by atoms with E-state index < -0.39 is 41.2 Å². The van der Waals surface area contributed by atoms with Gasteiger partial charge in [0.15, 0.2) is 0 Å². The number of ether oxygens (including phenoxy) is 3. The minimum absolute atomic E-state index is 0.00369. The van der Waals surface area contributed by atoms with Gasteiger partial charge in [-0.25, -0.2) is 0 Å². The van der Waals surface area contributed by atoms with E-state index in [0.29, 0.717) is 56.1 Å². The molecule has 0 bridgehead atoms. The molecule has 0 amide bonds. The fourth-order valence-electron chi connectivity index (χ4n) is 8.28. The van der Waals surface area contributed by atoms with Crippen LogP contribution in [-0.2, 0) is 33.6 Å². The average molecular weight is 773 g/mol. The fourth-order valence-corrected chi connectivity index (χ4v) is 8.28. The number of benzene rings is 3. The van der Waals surface area contributed by atoms with Crippen LogP contribution in [0.5, 0.6) is 17.2 Å². The highest BCUT2D eigenvalue weighted by Gasteiger charge is 2.34. The van der Waals surface area contributed by atoms with Crippen LogP contribution in [-0.4, -0.2) is 97.9 Å². The third-order valence-electron chi connectivity index (χ3n) is 11.6. The predicted molar refractivity (Wildman–Crippen MR) is 210 cm³/mol. The first kappa shape index (κ1) is 41.0. The lowest BCUT2D eigenvalue weighted by Crippen LogP contribution is -2.55. The maximum atomic E-state index is 12.2. The third kappa shape index (κ3) is 11.4. The van der Waals surface area contributed by atoms with Crippen molar-refractivity contribution in [3.63, 3.8) is 0 Å². The maximum Gasteiger partial charge on any atom is 0.307 e. The lowest BCUT2D eigenvalue weighted by Gasteiger charge is -2.29. The maximum absolute atomic E-state index is 12.2. The molecular weight excluding hydrogens is 716 g/mol. The molecule has 3 aromatic carbocycles. The van der Waals surface area contributed by atoms with Gasteiger partial charge in [-0.05, 0) is 149 Å². The molecular formula is C43H56N4O9. The molecule has 13 heteroatoms. The number of carbonyl (C=O) groups is 3. The van der Waals surface area contributed by atoms with E-state index in [1.54, 1.807) is 0 Å². The van der Waals surface area contributed by atoms with Crippen molar-refractivity contribution in [2.24, 2.45) is 41.2 Å². The number of aliphatic carboxylic acids is 3. The standard InChI is InChI=1S/C43H56N4O9/c44-43(25-54-34-7-1-4-28(16-34)19-37(40(48)49)31-10-13-45-22-31,26-55-35-8-2-5-29(17-35)20-38(41(50)51)32-11-14-46-23-32)27-56-36-9-3-6-30(18-36)21-39(42(52)53)33-12-15-47-24-33/h1-9,16-18,31-33,37-39,45-47H,10-15,19-27,44H2,(H,48,49)(H,50,51)(H,52,53)/t31-,32-,33-,37-,38-,39-/m0/s1. The summed E-state index contributed by atoms with van der Waals surface area (Å²) < 4.78 is 18.9. The highest BCUT2D eigenvalue weighted by molar-refractivity contribution is 5.72. The van der Waals surface area contributed by atoms with Crippen molar-refractivity contribution >= 4 is 17.9 Å². The van der Waals surface area contributed by atoms with Crippen LogP contribution in [0.2, 0.25) is 0 Å². The Morgan fingerprint density at radius 3 is 1.12 bits per heavy atom. The summed E-state index contributed by atoms with van der Waals surface area (Å²) in [6, 6.07) is 22.2. The summed E-state index contributed by atoms with van der Waals surface area (Å²) in [5.74, 6) is -2.16. The second-order valence-corrected chi connectivity index (χ2v) is 15.9. The van der Waals surface area contributed by atoms with Gasteiger partial charge in [-0.3, -0.25) is 14.4 Å². The Labute approximate surface area is 328 Å². The van der Waals surface area contributed by atoms with Crippen LogP contribution in [0.1, 0.15) is 36.0 Å². The highest BCUT2D eigenvalue weighted by Crippen LogP contribution is 2.29. The summed E-state index contributed by atoms with van der Waals surface area (Å²) in [6.45, 7) is 4.49. The summed E-state index contributed by atoms with van der Waals surface area (Å²) in [7, 11) is 0. The van der Waals surface area contributed by atoms with E-state index in [4.69, 9.17) is 19.9 Å². The number of nitrogens with one attached hydrogen (secondary N) is 3. The van der Waals surface area contributed by atoms with Gasteiger partial charge >= 0.3 is 17.9 Å². The van der Waals surface area contributed by atoms with E-state index in [-0.39, 0.29) is 37.6 Å². The van der Waals surface area contributed by atoms with Crippen molar-refractivity contribution < 1.29 is 43.9 Å². The van der Waals surface area contributed by atoms with E-state index in [2.05, 4.69) is 16.0 Å². The van der Waals surface area contributed by atoms with Gasteiger partial charge in [-0.15, -0.1) is 0 Å². The van der Waals surface area contributed by atoms with Gasteiger partial charge in [0.1, 0.15) is 42.6 Å². The summed E-state index contributed by atoms with van der Waals surface area (Å²) in [5.41, 5.74) is 8.42. The van der Waals surface area contributed by atoms with Crippen LogP contribution in [0.15, 0.2) is 72.8 Å². The van der Waals surface area contributed by atoms with Crippen LogP contribution in [0.25, 0.3) is 0 Å². The first-order valence-electron chi connectivity index (χ1n) is 19.8. The van der Waals surface area contributed by atoms with Gasteiger partial charge in [-0.2, -0.15) is 0 Å². The van der Waals surface area contributed by atoms with E-state index in [1.807, 2.05) is 72.8 Å². The summed E-state index contributed by atoms with van der Waals surface area (Å²) in [4.78, 5) is 36.5. The van der Waals surface area contributed by atoms with Crippen molar-refractivity contribution in [2.75, 3.05) is 59.1 Å². The van der Waals surface area contributed by atoms with Crippen molar-refractivity contribution in [3.05, 3.63) is 89.5 Å². The van der Waals surface area contributed by atoms with Gasteiger partial charge in [0, 0.05) is 0 Å². The molecule has 0 saturated carbocycles. The smallest absolute Gasteiger partial charge is 0.307 e. The third-order valence-corrected chi connectivity index (χ3v) is 11.6. The molecule has 3 aliphatic rings. The Hall–Kier alpha value is -4.69. The molecule has 0 unspecified atom stereocenters. The van der Waals surface area contributed by atoms with Crippen molar-refractivity contribution in [3.8, 4) is 17.2 Å². The molecule has 3 aromatic rings. The van der Waals surface area contributed by atoms with Crippen LogP contribution in [0.3, 0.4) is 0 Å². The van der Waals surface area contributed by atoms with Gasteiger partial charge in [-0.1, -0.05) is 36.4 Å². The molecule has 3 fully saturated rings. The number of nitrogens with two attached hydrogens (primary N) is 1. The number of carboxylic acid groups (broad SMARTS) is 3. The van der Waals surface area contributed by atoms with Gasteiger partial charge in [0.25, 0.3) is 0 Å². The lowest BCUT2D eigenvalue weighted by molar-refractivity contribution is -0.144. The molecule has 0 aromatic heterocycles. The number of hydrogen-bond donors (Lipinski definition) is 7. The first-order valence-corrected chi connectivity index (χ1v) is 19.8. The zero-order valence-corrected chi connectivity index (χ0v) is 31.9. The predicted octanol–water partition coefficient (Wildman–Crippen LogP) is 3.48. The van der Waals surface area contributed by atoms with Crippen LogP contribution in [0, 0.1) is 35.5 Å². The SMILES string of the molecule is NC(COc1cccc(C[C@H](C(=O)O)[C@H]2CCNC2)c1)(COc1cccc(C[C@H](C(=O)O)[C@H]2CCNC2)c1)COc1cccc(C[C@H](C(=O)O)[C@H]2CCNC2)c1. The van der Waals surface area contributed by atoms with Gasteiger partial charge < -0.3 is 51.2 Å². The largest absolute Gasteiger partial charge is 0.491 e. The lowest BCUT2D eigenvalue weighted by atomic mass is 9.86. The molecule has 0 radical (unpaired) electrons. The van der Waals surface area contributed by atoms with Crippen LogP contribution >= 0.6 is 0 Å². The van der Waals surface area contributed by atoms with E-state index >= 15 is 0 Å². The zero-order chi connectivity index (χ0) is 39.5. The summed E-state index contributed by atoms with van der Waals surface area (Å²) in [6.07, 6.45) is 3.61. The van der Waals surface area contributed by atoms with Crippen LogP contribution in [0.4, 0.5) is 0 Å². The monoisotopic (exact) mass is 772 g/mol. The highest BCUT2D eigenvalue weighted by atomic mass is 16.5. The second-order valence-electron chi connectivity index (χ2n) is 15.9. The molecule has 302 valence electrons. The Balaban J connectivity index is 1.15. The first-order chi connectivity index (χ1) is 27.0. The van der Waals surface area contributed by atoms with Gasteiger partial charge in [0.2, 0.25) is 0 Å². The Bertz CT molecular complexity index is 1570. The molecule has 6 atom stereocenters.